The van der Waals surface area contributed by atoms with Crippen LogP contribution in [-0.4, -0.2) is 41.3 Å². The smallest absolute Gasteiger partial charge is 0.383 e. The maximum absolute atomic E-state index is 11.6. The summed E-state index contributed by atoms with van der Waals surface area (Å²) in [4.78, 5) is 12.9. The van der Waals surface area contributed by atoms with Crippen molar-refractivity contribution in [1.29, 1.82) is 0 Å². The molecule has 25 heavy (non-hydrogen) atoms. The fourth-order valence-corrected chi connectivity index (χ4v) is 3.00. The minimum Gasteiger partial charge on any atom is -0.489 e. The van der Waals surface area contributed by atoms with E-state index in [9.17, 15) is 4.79 Å². The van der Waals surface area contributed by atoms with E-state index >= 15 is 0 Å². The van der Waals surface area contributed by atoms with Crippen molar-refractivity contribution in [3.8, 4) is 11.4 Å². The average molecular weight is 366 g/mol. The van der Waals surface area contributed by atoms with Crippen molar-refractivity contribution in [2.24, 2.45) is 7.05 Å². The lowest BCUT2D eigenvalue weighted by Gasteiger charge is -2.36. The highest BCUT2D eigenvalue weighted by Gasteiger charge is 2.36. The Morgan fingerprint density at radius 3 is 2.48 bits per heavy atom. The van der Waals surface area contributed by atoms with Gasteiger partial charge in [0.15, 0.2) is 8.32 Å². The first kappa shape index (κ1) is 19.2. The molecule has 0 spiro atoms. The van der Waals surface area contributed by atoms with Crippen molar-refractivity contribution < 1.29 is 9.16 Å². The van der Waals surface area contributed by atoms with Crippen LogP contribution in [0.25, 0.3) is 5.69 Å². The number of hydrogen-bond donors (Lipinski definition) is 1. The van der Waals surface area contributed by atoms with Gasteiger partial charge in [0.05, 0.1) is 6.61 Å². The molecule has 2 aromatic rings. The molecule has 0 aliphatic rings. The van der Waals surface area contributed by atoms with Gasteiger partial charge in [-0.05, 0) is 41.5 Å². The van der Waals surface area contributed by atoms with Crippen LogP contribution in [0.4, 0.5) is 5.69 Å². The molecule has 0 saturated heterocycles. The van der Waals surface area contributed by atoms with E-state index in [0.717, 1.165) is 0 Å². The third-order valence-corrected chi connectivity index (χ3v) is 9.12. The van der Waals surface area contributed by atoms with Crippen molar-refractivity contribution in [1.82, 2.24) is 19.8 Å². The van der Waals surface area contributed by atoms with E-state index in [1.54, 1.807) is 25.2 Å². The van der Waals surface area contributed by atoms with Crippen LogP contribution in [0.15, 0.2) is 23.0 Å². The molecule has 0 bridgehead atoms. The van der Waals surface area contributed by atoms with Crippen LogP contribution in [0.3, 0.4) is 0 Å². The zero-order chi connectivity index (χ0) is 18.8. The minimum atomic E-state index is -1.81. The fourth-order valence-electron chi connectivity index (χ4n) is 1.97. The molecule has 0 amide bonds. The van der Waals surface area contributed by atoms with Gasteiger partial charge in [-0.2, -0.15) is 0 Å². The lowest BCUT2D eigenvalue weighted by molar-refractivity contribution is 0.202. The van der Waals surface area contributed by atoms with Crippen LogP contribution < -0.4 is 16.2 Å². The van der Waals surface area contributed by atoms with E-state index in [0.29, 0.717) is 30.3 Å². The first-order valence-corrected chi connectivity index (χ1v) is 11.1. The van der Waals surface area contributed by atoms with Gasteiger partial charge in [0.2, 0.25) is 0 Å². The van der Waals surface area contributed by atoms with E-state index in [2.05, 4.69) is 44.2 Å². The Kier molecular flexibility index (Phi) is 5.38. The van der Waals surface area contributed by atoms with E-state index in [1.807, 2.05) is 0 Å². The molecule has 8 nitrogen and oxygen atoms in total. The van der Waals surface area contributed by atoms with Crippen molar-refractivity contribution in [2.75, 3.05) is 18.9 Å². The summed E-state index contributed by atoms with van der Waals surface area (Å²) in [5.41, 5.74) is 6.51. The van der Waals surface area contributed by atoms with Gasteiger partial charge in [0.1, 0.15) is 18.0 Å². The van der Waals surface area contributed by atoms with Crippen LogP contribution in [0.5, 0.6) is 5.75 Å². The van der Waals surface area contributed by atoms with Crippen molar-refractivity contribution in [3.63, 3.8) is 0 Å². The average Bonchev–Trinajstić information content (AvgIpc) is 2.83. The third kappa shape index (κ3) is 4.29. The monoisotopic (exact) mass is 365 g/mol. The Morgan fingerprint density at radius 1 is 1.24 bits per heavy atom. The summed E-state index contributed by atoms with van der Waals surface area (Å²) in [6, 6.07) is 5.18. The number of nitrogens with zero attached hydrogens (tertiary/aromatic N) is 4. The molecule has 0 unspecified atom stereocenters. The Hall–Kier alpha value is -2.13. The first-order valence-electron chi connectivity index (χ1n) is 8.18. The Labute approximate surface area is 148 Å². The maximum atomic E-state index is 11.6. The molecule has 2 rings (SSSR count). The van der Waals surface area contributed by atoms with Gasteiger partial charge in [0.25, 0.3) is 0 Å². The molecule has 1 aromatic heterocycles. The molecular weight excluding hydrogens is 338 g/mol. The van der Waals surface area contributed by atoms with Gasteiger partial charge in [-0.1, -0.05) is 25.9 Å². The molecule has 0 radical (unpaired) electrons. The Bertz CT molecular complexity index is 792. The van der Waals surface area contributed by atoms with Crippen LogP contribution in [0.2, 0.25) is 18.1 Å². The first-order chi connectivity index (χ1) is 11.5. The molecule has 0 fully saturated rings. The van der Waals surface area contributed by atoms with Gasteiger partial charge in [-0.15, -0.1) is 4.80 Å². The molecule has 9 heteroatoms. The number of nitrogen functional groups attached to an aromatic ring is 1. The second-order valence-electron chi connectivity index (χ2n) is 7.47. The van der Waals surface area contributed by atoms with Gasteiger partial charge in [-0.3, -0.25) is 0 Å². The van der Waals surface area contributed by atoms with Crippen molar-refractivity contribution in [2.45, 2.75) is 38.9 Å². The third-order valence-electron chi connectivity index (χ3n) is 4.58. The summed E-state index contributed by atoms with van der Waals surface area (Å²) in [7, 11) is -0.229. The van der Waals surface area contributed by atoms with E-state index in [-0.39, 0.29) is 5.04 Å². The largest absolute Gasteiger partial charge is 0.489 e. The number of anilines is 1. The molecule has 1 aromatic carbocycles. The van der Waals surface area contributed by atoms with Gasteiger partial charge in [-0.25, -0.2) is 9.48 Å². The molecule has 0 aliphatic heterocycles. The number of benzene rings is 1. The lowest BCUT2D eigenvalue weighted by atomic mass is 10.2. The maximum Gasteiger partial charge on any atom is 0.383 e. The number of tetrazole rings is 1. The minimum absolute atomic E-state index is 0.151. The number of hydrogen-bond acceptors (Lipinski definition) is 6. The molecule has 1 heterocycles. The lowest BCUT2D eigenvalue weighted by Crippen LogP contribution is -2.41. The number of ether oxygens (including phenoxy) is 1. The second kappa shape index (κ2) is 7.01. The van der Waals surface area contributed by atoms with Gasteiger partial charge >= 0.3 is 5.69 Å². The highest BCUT2D eigenvalue weighted by atomic mass is 28.4. The summed E-state index contributed by atoms with van der Waals surface area (Å²) in [5.74, 6) is 0.563. The van der Waals surface area contributed by atoms with Gasteiger partial charge in [0, 0.05) is 12.7 Å². The fraction of sp³-hybridized carbons (Fsp3) is 0.562. The zero-order valence-corrected chi connectivity index (χ0v) is 16.7. The van der Waals surface area contributed by atoms with Crippen molar-refractivity contribution >= 4 is 14.0 Å². The second-order valence-corrected chi connectivity index (χ2v) is 12.3. The quantitative estimate of drug-likeness (QED) is 0.477. The molecule has 138 valence electrons. The predicted octanol–water partition coefficient (Wildman–Crippen LogP) is 1.95. The molecule has 0 atom stereocenters. The number of aromatic nitrogens is 4. The standard InChI is InChI=1S/C16H27N5O3Si/c1-16(2,3)25(5,6)24-10-9-23-14-8-7-12(17)11-13(14)21-19-18-15(22)20(21)4/h7-8,11H,9-10,17H2,1-6H3. The van der Waals surface area contributed by atoms with Crippen LogP contribution >= 0.6 is 0 Å². The summed E-state index contributed by atoms with van der Waals surface area (Å²) < 4.78 is 13.3. The zero-order valence-electron chi connectivity index (χ0n) is 15.7. The van der Waals surface area contributed by atoms with Crippen LogP contribution in [-0.2, 0) is 11.5 Å². The predicted molar refractivity (Wildman–Crippen MR) is 99.7 cm³/mol. The number of rotatable bonds is 6. The van der Waals surface area contributed by atoms with E-state index in [1.165, 1.54) is 9.48 Å². The molecule has 2 N–H and O–H groups in total. The molecular formula is C16H27N5O3Si. The van der Waals surface area contributed by atoms with Crippen LogP contribution in [0, 0.1) is 0 Å². The Morgan fingerprint density at radius 2 is 1.92 bits per heavy atom. The normalized spacial score (nSPS) is 12.4. The van der Waals surface area contributed by atoms with E-state index < -0.39 is 14.0 Å². The summed E-state index contributed by atoms with van der Waals surface area (Å²) in [6.07, 6.45) is 0. The topological polar surface area (TPSA) is 97.2 Å². The highest BCUT2D eigenvalue weighted by molar-refractivity contribution is 6.74. The highest BCUT2D eigenvalue weighted by Crippen LogP contribution is 2.36. The SMILES string of the molecule is Cn1c(=O)nnn1-c1cc(N)ccc1OCCO[Si](C)(C)C(C)(C)C. The van der Waals surface area contributed by atoms with Crippen molar-refractivity contribution in [3.05, 3.63) is 28.7 Å². The molecule has 0 saturated carbocycles. The summed E-state index contributed by atoms with van der Waals surface area (Å²) in [6.45, 7) is 11.9. The Balaban J connectivity index is 2.11. The van der Waals surface area contributed by atoms with Gasteiger partial charge < -0.3 is 14.9 Å². The summed E-state index contributed by atoms with van der Waals surface area (Å²) in [5, 5.41) is 7.52. The van der Waals surface area contributed by atoms with Crippen LogP contribution in [0.1, 0.15) is 20.8 Å². The van der Waals surface area contributed by atoms with E-state index in [4.69, 9.17) is 14.9 Å². The molecule has 0 aliphatic carbocycles. The number of nitrogens with two attached hydrogens (primary N) is 1. The summed E-state index contributed by atoms with van der Waals surface area (Å²) >= 11 is 0.